The van der Waals surface area contributed by atoms with Crippen molar-refractivity contribution in [2.24, 2.45) is 0 Å². The molecule has 2 nitrogen and oxygen atoms in total. The molecule has 0 spiro atoms. The lowest BCUT2D eigenvalue weighted by atomic mass is 10.0. The minimum absolute atomic E-state index is 0.247. The first-order chi connectivity index (χ1) is 9.68. The highest BCUT2D eigenvalue weighted by molar-refractivity contribution is 4.53. The molecule has 0 amide bonds. The van der Waals surface area contributed by atoms with Gasteiger partial charge >= 0.3 is 0 Å². The number of nitrogens with zero attached hydrogens (tertiary/aromatic N) is 1. The second-order valence-electron chi connectivity index (χ2n) is 6.48. The van der Waals surface area contributed by atoms with Crippen LogP contribution in [0.1, 0.15) is 96.8 Å². The number of hydrogen-bond donors (Lipinski definition) is 1. The van der Waals surface area contributed by atoms with E-state index < -0.39 is 0 Å². The fourth-order valence-electron chi connectivity index (χ4n) is 2.60. The van der Waals surface area contributed by atoms with Gasteiger partial charge in [0.2, 0.25) is 0 Å². The topological polar surface area (TPSA) is 23.5 Å². The molecule has 0 aromatic carbocycles. The summed E-state index contributed by atoms with van der Waals surface area (Å²) in [6.07, 6.45) is 18.7. The summed E-state index contributed by atoms with van der Waals surface area (Å²) in [5, 5.41) is 9.63. The Balaban J connectivity index is 3.03. The SMILES string of the molecule is CCCCCCCCCCCCCCCC(O)N(C)C. The van der Waals surface area contributed by atoms with E-state index in [1.165, 1.54) is 77.0 Å². The maximum absolute atomic E-state index is 9.63. The van der Waals surface area contributed by atoms with E-state index in [1.54, 1.807) is 0 Å². The highest BCUT2D eigenvalue weighted by Crippen LogP contribution is 2.13. The fraction of sp³-hybridized carbons (Fsp3) is 1.00. The van der Waals surface area contributed by atoms with E-state index in [0.717, 1.165) is 12.8 Å². The zero-order valence-electron chi connectivity index (χ0n) is 14.4. The van der Waals surface area contributed by atoms with Crippen LogP contribution < -0.4 is 0 Å². The number of aliphatic hydroxyl groups is 1. The van der Waals surface area contributed by atoms with Crippen molar-refractivity contribution in [3.63, 3.8) is 0 Å². The van der Waals surface area contributed by atoms with Crippen LogP contribution >= 0.6 is 0 Å². The van der Waals surface area contributed by atoms with E-state index in [2.05, 4.69) is 6.92 Å². The van der Waals surface area contributed by atoms with E-state index in [1.807, 2.05) is 19.0 Å². The Hall–Kier alpha value is -0.0800. The summed E-state index contributed by atoms with van der Waals surface area (Å²) in [6.45, 7) is 2.28. The predicted molar refractivity (Wildman–Crippen MR) is 90.0 cm³/mol. The number of hydrogen-bond acceptors (Lipinski definition) is 2. The molecule has 0 heterocycles. The third-order valence-corrected chi connectivity index (χ3v) is 4.16. The van der Waals surface area contributed by atoms with Crippen LogP contribution in [0.25, 0.3) is 0 Å². The molecular weight excluding hydrogens is 246 g/mol. The van der Waals surface area contributed by atoms with Crippen LogP contribution in [0.15, 0.2) is 0 Å². The summed E-state index contributed by atoms with van der Waals surface area (Å²) in [5.74, 6) is 0. The third-order valence-electron chi connectivity index (χ3n) is 4.16. The maximum Gasteiger partial charge on any atom is 0.106 e. The standard InChI is InChI=1S/C18H39NO/c1-4-5-6-7-8-9-10-11-12-13-14-15-16-17-18(20)19(2)3/h18,20H,4-17H2,1-3H3. The van der Waals surface area contributed by atoms with Crippen molar-refractivity contribution in [2.75, 3.05) is 14.1 Å². The van der Waals surface area contributed by atoms with Crippen LogP contribution in [-0.2, 0) is 0 Å². The lowest BCUT2D eigenvalue weighted by Gasteiger charge is -2.17. The minimum Gasteiger partial charge on any atom is -0.378 e. The molecule has 0 aromatic rings. The Morgan fingerprint density at radius 2 is 1.00 bits per heavy atom. The Morgan fingerprint density at radius 3 is 1.35 bits per heavy atom. The van der Waals surface area contributed by atoms with E-state index >= 15 is 0 Å². The molecule has 0 fully saturated rings. The van der Waals surface area contributed by atoms with Crippen molar-refractivity contribution < 1.29 is 5.11 Å². The Kier molecular flexibility index (Phi) is 15.3. The van der Waals surface area contributed by atoms with Crippen LogP contribution in [0.5, 0.6) is 0 Å². The van der Waals surface area contributed by atoms with E-state index in [4.69, 9.17) is 0 Å². The van der Waals surface area contributed by atoms with Crippen molar-refractivity contribution in [2.45, 2.75) is 103 Å². The first-order valence-electron chi connectivity index (χ1n) is 9.03. The van der Waals surface area contributed by atoms with Crippen molar-refractivity contribution in [3.8, 4) is 0 Å². The largest absolute Gasteiger partial charge is 0.378 e. The molecule has 0 bridgehead atoms. The van der Waals surface area contributed by atoms with Crippen LogP contribution in [0.4, 0.5) is 0 Å². The fourth-order valence-corrected chi connectivity index (χ4v) is 2.60. The molecule has 1 N–H and O–H groups in total. The lowest BCUT2D eigenvalue weighted by Crippen LogP contribution is -2.27. The molecule has 0 saturated heterocycles. The molecule has 0 aliphatic heterocycles. The van der Waals surface area contributed by atoms with Crippen molar-refractivity contribution in [1.82, 2.24) is 4.90 Å². The van der Waals surface area contributed by atoms with E-state index in [-0.39, 0.29) is 6.23 Å². The van der Waals surface area contributed by atoms with E-state index in [9.17, 15) is 5.11 Å². The zero-order valence-corrected chi connectivity index (χ0v) is 14.4. The van der Waals surface area contributed by atoms with Gasteiger partial charge in [-0.15, -0.1) is 0 Å². The first-order valence-corrected chi connectivity index (χ1v) is 9.03. The highest BCUT2D eigenvalue weighted by atomic mass is 16.3. The molecule has 0 saturated carbocycles. The quantitative estimate of drug-likeness (QED) is 0.324. The molecule has 2 heteroatoms. The molecular formula is C18H39NO. The van der Waals surface area contributed by atoms with Crippen molar-refractivity contribution in [3.05, 3.63) is 0 Å². The van der Waals surface area contributed by atoms with Gasteiger partial charge in [-0.25, -0.2) is 0 Å². The smallest absolute Gasteiger partial charge is 0.106 e. The molecule has 1 unspecified atom stereocenters. The zero-order chi connectivity index (χ0) is 15.1. The number of aliphatic hydroxyl groups excluding tert-OH is 1. The Morgan fingerprint density at radius 1 is 0.650 bits per heavy atom. The molecule has 0 aliphatic carbocycles. The molecule has 0 aromatic heterocycles. The molecule has 0 radical (unpaired) electrons. The Labute approximate surface area is 127 Å². The van der Waals surface area contributed by atoms with Gasteiger partial charge in [0.25, 0.3) is 0 Å². The average Bonchev–Trinajstić information content (AvgIpc) is 2.43. The predicted octanol–water partition coefficient (Wildman–Crippen LogP) is 5.35. The second-order valence-corrected chi connectivity index (χ2v) is 6.48. The minimum atomic E-state index is -0.247. The second kappa shape index (κ2) is 15.3. The molecule has 1 atom stereocenters. The summed E-state index contributed by atoms with van der Waals surface area (Å²) in [5.41, 5.74) is 0. The van der Waals surface area contributed by atoms with Gasteiger partial charge in [-0.1, -0.05) is 84.0 Å². The van der Waals surface area contributed by atoms with Crippen molar-refractivity contribution in [1.29, 1.82) is 0 Å². The third kappa shape index (κ3) is 14.3. The van der Waals surface area contributed by atoms with Gasteiger partial charge in [0.15, 0.2) is 0 Å². The lowest BCUT2D eigenvalue weighted by molar-refractivity contribution is 0.0313. The molecule has 122 valence electrons. The van der Waals surface area contributed by atoms with E-state index in [0.29, 0.717) is 0 Å². The molecule has 20 heavy (non-hydrogen) atoms. The first kappa shape index (κ1) is 19.9. The van der Waals surface area contributed by atoms with Crippen LogP contribution in [0.2, 0.25) is 0 Å². The molecule has 0 rings (SSSR count). The van der Waals surface area contributed by atoms with Gasteiger partial charge < -0.3 is 5.11 Å². The maximum atomic E-state index is 9.63. The summed E-state index contributed by atoms with van der Waals surface area (Å²) >= 11 is 0. The van der Waals surface area contributed by atoms with Gasteiger partial charge in [0.1, 0.15) is 6.23 Å². The normalized spacial score (nSPS) is 13.1. The van der Waals surface area contributed by atoms with Crippen LogP contribution in [0.3, 0.4) is 0 Å². The Bertz CT molecular complexity index is 182. The summed E-state index contributed by atoms with van der Waals surface area (Å²) in [4.78, 5) is 1.89. The summed E-state index contributed by atoms with van der Waals surface area (Å²) < 4.78 is 0. The van der Waals surface area contributed by atoms with Crippen molar-refractivity contribution >= 4 is 0 Å². The molecule has 0 aliphatic rings. The van der Waals surface area contributed by atoms with Gasteiger partial charge in [0, 0.05) is 0 Å². The average molecular weight is 286 g/mol. The van der Waals surface area contributed by atoms with Gasteiger partial charge in [-0.2, -0.15) is 0 Å². The summed E-state index contributed by atoms with van der Waals surface area (Å²) in [6, 6.07) is 0. The number of unbranched alkanes of at least 4 members (excludes halogenated alkanes) is 12. The number of rotatable bonds is 15. The summed E-state index contributed by atoms with van der Waals surface area (Å²) in [7, 11) is 3.87. The van der Waals surface area contributed by atoms with Gasteiger partial charge in [0.05, 0.1) is 0 Å². The highest BCUT2D eigenvalue weighted by Gasteiger charge is 2.04. The van der Waals surface area contributed by atoms with Gasteiger partial charge in [-0.3, -0.25) is 4.90 Å². The van der Waals surface area contributed by atoms with Crippen LogP contribution in [-0.4, -0.2) is 30.3 Å². The monoisotopic (exact) mass is 285 g/mol. The van der Waals surface area contributed by atoms with Crippen LogP contribution in [0, 0.1) is 0 Å². The van der Waals surface area contributed by atoms with Gasteiger partial charge in [-0.05, 0) is 26.9 Å².